The summed E-state index contributed by atoms with van der Waals surface area (Å²) in [5.74, 6) is 0.180. The van der Waals surface area contributed by atoms with Crippen LogP contribution in [0.2, 0.25) is 0 Å². The van der Waals surface area contributed by atoms with Gasteiger partial charge in [0, 0.05) is 51.4 Å². The predicted molar refractivity (Wildman–Crippen MR) is 109 cm³/mol. The van der Waals surface area contributed by atoms with E-state index in [1.165, 1.54) is 5.01 Å². The van der Waals surface area contributed by atoms with Gasteiger partial charge in [-0.05, 0) is 24.8 Å². The minimum Gasteiger partial charge on any atom is -0.343 e. The number of likely N-dealkylation sites (tertiary alicyclic amines) is 2. The Hall–Kier alpha value is -2.70. The summed E-state index contributed by atoms with van der Waals surface area (Å²) < 4.78 is 0. The van der Waals surface area contributed by atoms with Gasteiger partial charge in [-0.1, -0.05) is 30.3 Å². The van der Waals surface area contributed by atoms with Gasteiger partial charge < -0.3 is 9.80 Å². The van der Waals surface area contributed by atoms with Crippen LogP contribution in [0.4, 0.5) is 0 Å². The predicted octanol–water partition coefficient (Wildman–Crippen LogP) is 2.02. The molecule has 0 aliphatic carbocycles. The van der Waals surface area contributed by atoms with Crippen LogP contribution in [-0.2, 0) is 14.4 Å². The molecule has 2 saturated heterocycles. The lowest BCUT2D eigenvalue weighted by molar-refractivity contribution is -0.138. The number of hydrogen-bond acceptors (Lipinski definition) is 4. The Bertz CT molecular complexity index is 800. The minimum absolute atomic E-state index is 0.0241. The number of piperidine rings is 1. The summed E-state index contributed by atoms with van der Waals surface area (Å²) in [5.41, 5.74) is 1.96. The summed E-state index contributed by atoms with van der Waals surface area (Å²) >= 11 is 0. The molecular formula is C22H28N4O3. The maximum atomic E-state index is 12.5. The summed E-state index contributed by atoms with van der Waals surface area (Å²) in [6, 6.07) is 10.1. The summed E-state index contributed by atoms with van der Waals surface area (Å²) in [7, 11) is 0. The fourth-order valence-corrected chi connectivity index (χ4v) is 4.45. The van der Waals surface area contributed by atoms with E-state index in [9.17, 15) is 14.4 Å². The van der Waals surface area contributed by atoms with Crippen LogP contribution in [0.1, 0.15) is 50.5 Å². The van der Waals surface area contributed by atoms with Crippen LogP contribution in [0.25, 0.3) is 0 Å². The average Bonchev–Trinajstić information content (AvgIpc) is 3.42. The first kappa shape index (κ1) is 19.6. The second kappa shape index (κ2) is 8.76. The Morgan fingerprint density at radius 2 is 1.66 bits per heavy atom. The molecule has 0 radical (unpaired) electrons. The van der Waals surface area contributed by atoms with E-state index in [0.29, 0.717) is 26.1 Å². The van der Waals surface area contributed by atoms with Crippen molar-refractivity contribution in [3.63, 3.8) is 0 Å². The smallest absolute Gasteiger partial charge is 0.243 e. The molecule has 3 aliphatic heterocycles. The van der Waals surface area contributed by atoms with Crippen molar-refractivity contribution < 1.29 is 14.4 Å². The average molecular weight is 396 g/mol. The minimum atomic E-state index is -0.0955. The van der Waals surface area contributed by atoms with E-state index in [-0.39, 0.29) is 36.6 Å². The number of carbonyl (C=O) groups is 3. The Balaban J connectivity index is 1.22. The van der Waals surface area contributed by atoms with Gasteiger partial charge in [0.15, 0.2) is 0 Å². The third-order valence-electron chi connectivity index (χ3n) is 6.12. The Labute approximate surface area is 171 Å². The van der Waals surface area contributed by atoms with Gasteiger partial charge in [-0.3, -0.25) is 14.4 Å². The number of carbonyl (C=O) groups excluding carboxylic acids is 3. The van der Waals surface area contributed by atoms with Gasteiger partial charge in [0.2, 0.25) is 17.7 Å². The largest absolute Gasteiger partial charge is 0.343 e. The molecule has 29 heavy (non-hydrogen) atoms. The molecule has 0 N–H and O–H groups in total. The molecule has 0 bridgehead atoms. The number of nitrogens with zero attached hydrogens (tertiary/aromatic N) is 4. The van der Waals surface area contributed by atoms with Crippen molar-refractivity contribution in [1.29, 1.82) is 0 Å². The highest BCUT2D eigenvalue weighted by atomic mass is 16.2. The van der Waals surface area contributed by atoms with Gasteiger partial charge in [-0.2, -0.15) is 5.10 Å². The van der Waals surface area contributed by atoms with E-state index in [0.717, 1.165) is 43.5 Å². The quantitative estimate of drug-likeness (QED) is 0.764. The fourth-order valence-electron chi connectivity index (χ4n) is 4.45. The summed E-state index contributed by atoms with van der Waals surface area (Å²) in [5, 5.41) is 5.95. The zero-order valence-electron chi connectivity index (χ0n) is 16.8. The summed E-state index contributed by atoms with van der Waals surface area (Å²) in [6.07, 6.45) is 4.43. The van der Waals surface area contributed by atoms with E-state index in [1.807, 2.05) is 40.1 Å². The third-order valence-corrected chi connectivity index (χ3v) is 6.12. The maximum Gasteiger partial charge on any atom is 0.243 e. The Morgan fingerprint density at radius 3 is 2.34 bits per heavy atom. The van der Waals surface area contributed by atoms with E-state index < -0.39 is 0 Å². The molecule has 7 nitrogen and oxygen atoms in total. The zero-order chi connectivity index (χ0) is 20.2. The maximum absolute atomic E-state index is 12.5. The van der Waals surface area contributed by atoms with Crippen LogP contribution in [0.5, 0.6) is 0 Å². The van der Waals surface area contributed by atoms with Crippen LogP contribution in [0, 0.1) is 0 Å². The normalized spacial score (nSPS) is 20.3. The van der Waals surface area contributed by atoms with Gasteiger partial charge in [0.25, 0.3) is 0 Å². The lowest BCUT2D eigenvalue weighted by Gasteiger charge is -2.36. The fraction of sp³-hybridized carbons (Fsp3) is 0.545. The molecule has 4 rings (SSSR count). The molecule has 2 fully saturated rings. The number of rotatable bonds is 5. The first-order valence-electron chi connectivity index (χ1n) is 10.6. The third kappa shape index (κ3) is 4.49. The van der Waals surface area contributed by atoms with E-state index in [1.54, 1.807) is 0 Å². The molecule has 0 unspecified atom stereocenters. The Morgan fingerprint density at radius 1 is 0.931 bits per heavy atom. The van der Waals surface area contributed by atoms with Crippen molar-refractivity contribution >= 4 is 23.4 Å². The van der Waals surface area contributed by atoms with Gasteiger partial charge in [-0.25, -0.2) is 5.01 Å². The first-order chi connectivity index (χ1) is 14.1. The molecule has 3 heterocycles. The van der Waals surface area contributed by atoms with Crippen molar-refractivity contribution in [2.45, 2.75) is 51.0 Å². The first-order valence-corrected chi connectivity index (χ1v) is 10.6. The van der Waals surface area contributed by atoms with Crippen LogP contribution >= 0.6 is 0 Å². The molecule has 3 aliphatic rings. The molecule has 0 spiro atoms. The van der Waals surface area contributed by atoms with Gasteiger partial charge in [-0.15, -0.1) is 0 Å². The van der Waals surface area contributed by atoms with E-state index in [4.69, 9.17) is 0 Å². The Kier molecular flexibility index (Phi) is 5.92. The van der Waals surface area contributed by atoms with E-state index in [2.05, 4.69) is 5.10 Å². The monoisotopic (exact) mass is 396 g/mol. The molecule has 0 aromatic heterocycles. The van der Waals surface area contributed by atoms with Crippen LogP contribution in [0.15, 0.2) is 35.4 Å². The lowest BCUT2D eigenvalue weighted by atomic mass is 10.0. The molecule has 0 saturated carbocycles. The lowest BCUT2D eigenvalue weighted by Crippen LogP contribution is -2.47. The molecular weight excluding hydrogens is 368 g/mol. The molecule has 7 heteroatoms. The van der Waals surface area contributed by atoms with E-state index >= 15 is 0 Å². The van der Waals surface area contributed by atoms with Crippen molar-refractivity contribution in [1.82, 2.24) is 14.8 Å². The topological polar surface area (TPSA) is 73.3 Å². The molecule has 154 valence electrons. The highest BCUT2D eigenvalue weighted by Gasteiger charge is 2.32. The molecule has 1 aromatic carbocycles. The summed E-state index contributed by atoms with van der Waals surface area (Å²) in [4.78, 5) is 40.7. The second-order valence-electron chi connectivity index (χ2n) is 7.98. The van der Waals surface area contributed by atoms with Gasteiger partial charge >= 0.3 is 0 Å². The van der Waals surface area contributed by atoms with Crippen LogP contribution in [0.3, 0.4) is 0 Å². The number of amides is 3. The number of hydrogen-bond donors (Lipinski definition) is 0. The van der Waals surface area contributed by atoms with Crippen molar-refractivity contribution in [3.8, 4) is 0 Å². The highest BCUT2D eigenvalue weighted by molar-refractivity contribution is 6.02. The molecule has 3 amide bonds. The number of hydrazone groups is 1. The van der Waals surface area contributed by atoms with Crippen molar-refractivity contribution in [3.05, 3.63) is 35.9 Å². The zero-order valence-corrected chi connectivity index (χ0v) is 16.8. The second-order valence-corrected chi connectivity index (χ2v) is 7.98. The summed E-state index contributed by atoms with van der Waals surface area (Å²) in [6.45, 7) is 2.77. The van der Waals surface area contributed by atoms with Gasteiger partial charge in [0.1, 0.15) is 0 Å². The molecule has 1 aromatic rings. The standard InChI is InChI=1S/C22H28N4O3/c27-20(24-14-10-18(11-15-24)25-13-4-7-21(25)28)8-9-22(29)26-16-12-19(23-26)17-5-2-1-3-6-17/h1-3,5-6,18H,4,7-16H2. The van der Waals surface area contributed by atoms with Crippen molar-refractivity contribution in [2.75, 3.05) is 26.2 Å². The number of benzene rings is 1. The van der Waals surface area contributed by atoms with Crippen LogP contribution in [-0.4, -0.2) is 70.5 Å². The SMILES string of the molecule is O=C(CCC(=O)N1CCC(c2ccccc2)=N1)N1CCC(N2CCCC2=O)CC1. The molecule has 0 atom stereocenters. The van der Waals surface area contributed by atoms with Gasteiger partial charge in [0.05, 0.1) is 12.3 Å². The van der Waals surface area contributed by atoms with Crippen molar-refractivity contribution in [2.24, 2.45) is 5.10 Å². The highest BCUT2D eigenvalue weighted by Crippen LogP contribution is 2.23. The van der Waals surface area contributed by atoms with Crippen LogP contribution < -0.4 is 0 Å².